The summed E-state index contributed by atoms with van der Waals surface area (Å²) >= 11 is 0. The number of aryl methyl sites for hydroxylation is 1. The fraction of sp³-hybridized carbons (Fsp3) is 0.333. The summed E-state index contributed by atoms with van der Waals surface area (Å²) in [5.74, 6) is 0.785. The standard InChI is InChI=1S/C21H23N7O3/c1-16-2-6-18(7-3-16)27-20(22-23-24-27)15-25-10-12-26(13-11-25)21(29)14-17-4-8-19(9-5-17)28(30)31/h2-9H,10-15H2,1H3. The largest absolute Gasteiger partial charge is 0.340 e. The molecule has 0 saturated carbocycles. The lowest BCUT2D eigenvalue weighted by Gasteiger charge is -2.34. The van der Waals surface area contributed by atoms with E-state index in [0.717, 1.165) is 30.2 Å². The third-order valence-corrected chi connectivity index (χ3v) is 5.41. The van der Waals surface area contributed by atoms with Crippen molar-refractivity contribution in [2.75, 3.05) is 26.2 Å². The number of nitrogens with zero attached hydrogens (tertiary/aromatic N) is 7. The van der Waals surface area contributed by atoms with Crippen LogP contribution in [-0.2, 0) is 17.8 Å². The average molecular weight is 421 g/mol. The molecule has 10 nitrogen and oxygen atoms in total. The van der Waals surface area contributed by atoms with Crippen LogP contribution >= 0.6 is 0 Å². The predicted molar refractivity (Wildman–Crippen MR) is 113 cm³/mol. The fourth-order valence-electron chi connectivity index (χ4n) is 3.57. The lowest BCUT2D eigenvalue weighted by molar-refractivity contribution is -0.384. The maximum Gasteiger partial charge on any atom is 0.269 e. The molecule has 0 unspecified atom stereocenters. The molecule has 3 aromatic rings. The Labute approximate surface area is 179 Å². The molecule has 2 heterocycles. The number of benzene rings is 2. The first-order valence-corrected chi connectivity index (χ1v) is 10.1. The summed E-state index contributed by atoms with van der Waals surface area (Å²) in [4.78, 5) is 27.0. The van der Waals surface area contributed by atoms with E-state index >= 15 is 0 Å². The number of piperazine rings is 1. The van der Waals surface area contributed by atoms with Gasteiger partial charge in [0.2, 0.25) is 5.91 Å². The van der Waals surface area contributed by atoms with Crippen molar-refractivity contribution in [1.29, 1.82) is 0 Å². The Bertz CT molecular complexity index is 1060. The number of nitro groups is 1. The van der Waals surface area contributed by atoms with Gasteiger partial charge in [0.1, 0.15) is 0 Å². The Morgan fingerprint density at radius 2 is 1.71 bits per heavy atom. The van der Waals surface area contributed by atoms with Crippen LogP contribution in [-0.4, -0.2) is 67.0 Å². The van der Waals surface area contributed by atoms with E-state index in [0.29, 0.717) is 19.6 Å². The Kier molecular flexibility index (Phi) is 5.99. The molecule has 0 spiro atoms. The minimum Gasteiger partial charge on any atom is -0.340 e. The van der Waals surface area contributed by atoms with E-state index in [2.05, 4.69) is 20.4 Å². The zero-order valence-electron chi connectivity index (χ0n) is 17.2. The zero-order chi connectivity index (χ0) is 21.8. The first-order valence-electron chi connectivity index (χ1n) is 10.1. The van der Waals surface area contributed by atoms with Crippen LogP contribution in [0.2, 0.25) is 0 Å². The van der Waals surface area contributed by atoms with E-state index in [1.54, 1.807) is 16.8 Å². The van der Waals surface area contributed by atoms with Crippen LogP contribution in [0.15, 0.2) is 48.5 Å². The molecule has 1 aliphatic rings. The minimum atomic E-state index is -0.444. The van der Waals surface area contributed by atoms with Gasteiger partial charge in [-0.05, 0) is 35.0 Å². The first kappa shape index (κ1) is 20.6. The van der Waals surface area contributed by atoms with Crippen LogP contribution in [0.4, 0.5) is 5.69 Å². The molecule has 0 N–H and O–H groups in total. The minimum absolute atomic E-state index is 0.0257. The highest BCUT2D eigenvalue weighted by atomic mass is 16.6. The van der Waals surface area contributed by atoms with Gasteiger partial charge in [0.15, 0.2) is 5.82 Å². The highest BCUT2D eigenvalue weighted by Gasteiger charge is 2.23. The summed E-state index contributed by atoms with van der Waals surface area (Å²) in [7, 11) is 0. The normalized spacial score (nSPS) is 14.5. The molecule has 160 valence electrons. The number of aromatic nitrogens is 4. The summed E-state index contributed by atoms with van der Waals surface area (Å²) in [6.07, 6.45) is 0.240. The molecule has 4 rings (SSSR count). The number of hydrogen-bond acceptors (Lipinski definition) is 7. The van der Waals surface area contributed by atoms with Gasteiger partial charge < -0.3 is 4.90 Å². The monoisotopic (exact) mass is 421 g/mol. The van der Waals surface area contributed by atoms with Crippen LogP contribution in [0, 0.1) is 17.0 Å². The number of nitro benzene ring substituents is 1. The molecule has 10 heteroatoms. The number of carbonyl (C=O) groups excluding carboxylic acids is 1. The van der Waals surface area contributed by atoms with Gasteiger partial charge in [-0.25, -0.2) is 0 Å². The molecule has 31 heavy (non-hydrogen) atoms. The van der Waals surface area contributed by atoms with Gasteiger partial charge in [0, 0.05) is 38.3 Å². The Morgan fingerprint density at radius 3 is 2.35 bits per heavy atom. The SMILES string of the molecule is Cc1ccc(-n2nnnc2CN2CCN(C(=O)Cc3ccc([N+](=O)[O-])cc3)CC2)cc1. The average Bonchev–Trinajstić information content (AvgIpc) is 3.23. The lowest BCUT2D eigenvalue weighted by atomic mass is 10.1. The number of amides is 1. The van der Waals surface area contributed by atoms with Crippen molar-refractivity contribution in [1.82, 2.24) is 30.0 Å². The van der Waals surface area contributed by atoms with Crippen LogP contribution in [0.5, 0.6) is 0 Å². The molecule has 1 fully saturated rings. The molecule has 1 aromatic heterocycles. The van der Waals surface area contributed by atoms with Crippen molar-refractivity contribution in [2.24, 2.45) is 0 Å². The second-order valence-corrected chi connectivity index (χ2v) is 7.60. The third-order valence-electron chi connectivity index (χ3n) is 5.41. The maximum absolute atomic E-state index is 12.6. The number of non-ortho nitro benzene ring substituents is 1. The van der Waals surface area contributed by atoms with Gasteiger partial charge in [0.05, 0.1) is 23.6 Å². The van der Waals surface area contributed by atoms with Crippen molar-refractivity contribution in [3.05, 3.63) is 75.6 Å². The van der Waals surface area contributed by atoms with Crippen LogP contribution in [0.25, 0.3) is 5.69 Å². The molecule has 0 atom stereocenters. The zero-order valence-corrected chi connectivity index (χ0v) is 17.2. The number of hydrogen-bond donors (Lipinski definition) is 0. The topological polar surface area (TPSA) is 110 Å². The third kappa shape index (κ3) is 4.92. The summed E-state index contributed by atoms with van der Waals surface area (Å²) < 4.78 is 1.74. The van der Waals surface area contributed by atoms with Crippen molar-refractivity contribution in [3.63, 3.8) is 0 Å². The van der Waals surface area contributed by atoms with E-state index in [-0.39, 0.29) is 18.0 Å². The summed E-state index contributed by atoms with van der Waals surface area (Å²) in [6.45, 7) is 5.34. The van der Waals surface area contributed by atoms with E-state index in [9.17, 15) is 14.9 Å². The van der Waals surface area contributed by atoms with Gasteiger partial charge in [-0.2, -0.15) is 4.68 Å². The second kappa shape index (κ2) is 9.00. The molecular formula is C21H23N7O3. The van der Waals surface area contributed by atoms with E-state index in [1.807, 2.05) is 36.1 Å². The smallest absolute Gasteiger partial charge is 0.269 e. The van der Waals surface area contributed by atoms with Gasteiger partial charge in [0.25, 0.3) is 5.69 Å². The van der Waals surface area contributed by atoms with Gasteiger partial charge >= 0.3 is 0 Å². The van der Waals surface area contributed by atoms with Crippen LogP contribution in [0.1, 0.15) is 17.0 Å². The van der Waals surface area contributed by atoms with E-state index in [4.69, 9.17) is 0 Å². The highest BCUT2D eigenvalue weighted by Crippen LogP contribution is 2.15. The predicted octanol–water partition coefficient (Wildman–Crippen LogP) is 1.77. The lowest BCUT2D eigenvalue weighted by Crippen LogP contribution is -2.48. The van der Waals surface area contributed by atoms with Crippen molar-refractivity contribution in [3.8, 4) is 5.69 Å². The summed E-state index contributed by atoms with van der Waals surface area (Å²) in [5, 5.41) is 22.9. The Morgan fingerprint density at radius 1 is 1.03 bits per heavy atom. The van der Waals surface area contributed by atoms with Crippen molar-refractivity contribution >= 4 is 11.6 Å². The molecule has 2 aromatic carbocycles. The molecule has 0 radical (unpaired) electrons. The van der Waals surface area contributed by atoms with E-state index in [1.165, 1.54) is 17.7 Å². The van der Waals surface area contributed by atoms with Crippen LogP contribution < -0.4 is 0 Å². The van der Waals surface area contributed by atoms with Gasteiger partial charge in [-0.3, -0.25) is 19.8 Å². The van der Waals surface area contributed by atoms with E-state index < -0.39 is 4.92 Å². The van der Waals surface area contributed by atoms with Crippen LogP contribution in [0.3, 0.4) is 0 Å². The Hall–Kier alpha value is -3.66. The highest BCUT2D eigenvalue weighted by molar-refractivity contribution is 5.79. The number of rotatable bonds is 6. The molecular weight excluding hydrogens is 398 g/mol. The second-order valence-electron chi connectivity index (χ2n) is 7.60. The quantitative estimate of drug-likeness (QED) is 0.440. The molecule has 0 aliphatic carbocycles. The maximum atomic E-state index is 12.6. The molecule has 1 amide bonds. The van der Waals surface area contributed by atoms with Crippen molar-refractivity contribution < 1.29 is 9.72 Å². The number of carbonyl (C=O) groups is 1. The van der Waals surface area contributed by atoms with Gasteiger partial charge in [-0.15, -0.1) is 5.10 Å². The van der Waals surface area contributed by atoms with Crippen molar-refractivity contribution in [2.45, 2.75) is 19.9 Å². The van der Waals surface area contributed by atoms with Gasteiger partial charge in [-0.1, -0.05) is 29.8 Å². The first-order chi connectivity index (χ1) is 15.0. The number of tetrazole rings is 1. The molecule has 0 bridgehead atoms. The molecule has 1 saturated heterocycles. The summed E-state index contributed by atoms with van der Waals surface area (Å²) in [5.41, 5.74) is 2.89. The molecule has 1 aliphatic heterocycles. The Balaban J connectivity index is 1.31. The summed E-state index contributed by atoms with van der Waals surface area (Å²) in [6, 6.07) is 14.2. The fourth-order valence-corrected chi connectivity index (χ4v) is 3.57.